The van der Waals surface area contributed by atoms with Crippen molar-refractivity contribution >= 4 is 5.97 Å². The number of quaternary nitrogens is 2. The highest BCUT2D eigenvalue weighted by atomic mass is 127. The van der Waals surface area contributed by atoms with E-state index in [2.05, 4.69) is 42.3 Å². The van der Waals surface area contributed by atoms with Gasteiger partial charge in [-0.05, 0) is 6.92 Å². The van der Waals surface area contributed by atoms with E-state index in [0.29, 0.717) is 6.42 Å². The molecule has 0 fully saturated rings. The first-order valence-electron chi connectivity index (χ1n) is 5.80. The van der Waals surface area contributed by atoms with Crippen LogP contribution in [0.25, 0.3) is 0 Å². The van der Waals surface area contributed by atoms with Gasteiger partial charge in [0.25, 0.3) is 0 Å². The number of carbonyl (C=O) groups is 1. The van der Waals surface area contributed by atoms with Gasteiger partial charge in [0.05, 0.1) is 55.3 Å². The van der Waals surface area contributed by atoms with Crippen LogP contribution in [0.3, 0.4) is 0 Å². The van der Waals surface area contributed by atoms with Crippen molar-refractivity contribution in [3.05, 3.63) is 0 Å². The number of carbonyl (C=O) groups excluding carboxylic acids is 1. The Morgan fingerprint density at radius 1 is 1.00 bits per heavy atom. The van der Waals surface area contributed by atoms with Gasteiger partial charge >= 0.3 is 5.97 Å². The predicted octanol–water partition coefficient (Wildman–Crippen LogP) is -5.27. The Hall–Kier alpha value is 0.850. The van der Waals surface area contributed by atoms with Crippen LogP contribution in [0.4, 0.5) is 0 Å². The lowest BCUT2D eigenvalue weighted by atomic mass is 10.3. The molecule has 0 bridgehead atoms. The first-order chi connectivity index (χ1) is 6.99. The van der Waals surface area contributed by atoms with Crippen molar-refractivity contribution in [2.24, 2.45) is 0 Å². The number of ether oxygens (including phenoxy) is 1. The predicted molar refractivity (Wildman–Crippen MR) is 66.0 cm³/mol. The monoisotopic (exact) mass is 486 g/mol. The van der Waals surface area contributed by atoms with Crippen LogP contribution in [-0.4, -0.2) is 76.4 Å². The Balaban J connectivity index is -0.00000112. The van der Waals surface area contributed by atoms with Gasteiger partial charge in [0.15, 0.2) is 0 Å². The lowest BCUT2D eigenvalue weighted by molar-refractivity contribution is -0.873. The number of likely N-dealkylation sites (N-methyl/N-ethyl adjacent to an activating group) is 1. The quantitative estimate of drug-likeness (QED) is 0.213. The maximum atomic E-state index is 11.5. The Labute approximate surface area is 146 Å². The molecule has 4 nitrogen and oxygen atoms in total. The smallest absolute Gasteiger partial charge is 0.311 e. The number of hydrogen-bond donors (Lipinski definition) is 0. The molecule has 0 rings (SSSR count). The third kappa shape index (κ3) is 16.9. The SMILES string of the molecule is CC(C[N+](C)(C)C)OC(=O)CC[N+](C)(C)C.[I-].[I-]. The van der Waals surface area contributed by atoms with Gasteiger partial charge in [-0.25, -0.2) is 0 Å². The Morgan fingerprint density at radius 3 is 1.78 bits per heavy atom. The maximum Gasteiger partial charge on any atom is 0.311 e. The summed E-state index contributed by atoms with van der Waals surface area (Å²) in [6, 6.07) is 0. The summed E-state index contributed by atoms with van der Waals surface area (Å²) in [6.45, 7) is 3.61. The molecule has 0 saturated carbocycles. The van der Waals surface area contributed by atoms with Crippen molar-refractivity contribution in [1.29, 1.82) is 0 Å². The van der Waals surface area contributed by atoms with E-state index in [1.807, 2.05) is 6.92 Å². The summed E-state index contributed by atoms with van der Waals surface area (Å²) >= 11 is 0. The molecule has 0 N–H and O–H groups in total. The summed E-state index contributed by atoms with van der Waals surface area (Å²) in [7, 11) is 12.5. The van der Waals surface area contributed by atoms with E-state index in [0.717, 1.165) is 22.1 Å². The lowest BCUT2D eigenvalue weighted by Gasteiger charge is -2.27. The normalized spacial score (nSPS) is 13.1. The van der Waals surface area contributed by atoms with Gasteiger partial charge in [-0.1, -0.05) is 0 Å². The number of halogens is 2. The van der Waals surface area contributed by atoms with Gasteiger partial charge in [0.1, 0.15) is 12.6 Å². The molecule has 0 aliphatic heterocycles. The second kappa shape index (κ2) is 9.71. The van der Waals surface area contributed by atoms with E-state index < -0.39 is 0 Å². The largest absolute Gasteiger partial charge is 1.00 e. The standard InChI is InChI=1S/C12H28N2O2.2HI/c1-11(10-14(5,6)7)16-12(15)8-9-13(2,3)4;;/h11H,8-10H2,1-7H3;2*1H/q+2;;/p-2. The molecule has 18 heavy (non-hydrogen) atoms. The van der Waals surface area contributed by atoms with Gasteiger partial charge in [0.2, 0.25) is 0 Å². The molecule has 0 aromatic heterocycles. The molecule has 0 amide bonds. The zero-order valence-electron chi connectivity index (χ0n) is 12.7. The summed E-state index contributed by atoms with van der Waals surface area (Å²) in [5, 5.41) is 0. The summed E-state index contributed by atoms with van der Waals surface area (Å²) in [4.78, 5) is 11.5. The molecule has 0 radical (unpaired) electrons. The van der Waals surface area contributed by atoms with Crippen LogP contribution in [-0.2, 0) is 9.53 Å². The fraction of sp³-hybridized carbons (Fsp3) is 0.917. The molecule has 0 aromatic rings. The first kappa shape index (κ1) is 23.9. The van der Waals surface area contributed by atoms with E-state index >= 15 is 0 Å². The molecule has 1 atom stereocenters. The molecule has 0 heterocycles. The second-order valence-electron chi connectivity index (χ2n) is 6.54. The van der Waals surface area contributed by atoms with E-state index in [1.165, 1.54) is 0 Å². The molecule has 0 aliphatic carbocycles. The fourth-order valence-electron chi connectivity index (χ4n) is 1.52. The average molecular weight is 486 g/mol. The molecule has 1 unspecified atom stereocenters. The molecule has 6 heteroatoms. The van der Waals surface area contributed by atoms with Gasteiger partial charge in [0, 0.05) is 0 Å². The molecule has 0 spiro atoms. The van der Waals surface area contributed by atoms with E-state index in [-0.39, 0.29) is 60.0 Å². The highest BCUT2D eigenvalue weighted by Gasteiger charge is 2.19. The Bertz CT molecular complexity index is 235. The zero-order valence-corrected chi connectivity index (χ0v) is 17.0. The second-order valence-corrected chi connectivity index (χ2v) is 6.54. The van der Waals surface area contributed by atoms with E-state index in [9.17, 15) is 4.79 Å². The third-order valence-electron chi connectivity index (χ3n) is 2.12. The lowest BCUT2D eigenvalue weighted by Crippen LogP contribution is -3.00. The average Bonchev–Trinajstić information content (AvgIpc) is 1.95. The van der Waals surface area contributed by atoms with Crippen molar-refractivity contribution < 1.29 is 66.5 Å². The third-order valence-corrected chi connectivity index (χ3v) is 2.12. The molecule has 0 aliphatic rings. The number of rotatable bonds is 6. The summed E-state index contributed by atoms with van der Waals surface area (Å²) in [6.07, 6.45) is 0.477. The van der Waals surface area contributed by atoms with Crippen molar-refractivity contribution in [3.8, 4) is 0 Å². The van der Waals surface area contributed by atoms with Crippen LogP contribution in [0.5, 0.6) is 0 Å². The number of nitrogens with zero attached hydrogens (tertiary/aromatic N) is 2. The van der Waals surface area contributed by atoms with E-state index in [1.54, 1.807) is 0 Å². The zero-order chi connectivity index (χ0) is 13.0. The Kier molecular flexibility index (Phi) is 12.9. The van der Waals surface area contributed by atoms with Crippen LogP contribution in [0.2, 0.25) is 0 Å². The topological polar surface area (TPSA) is 26.3 Å². The first-order valence-corrected chi connectivity index (χ1v) is 5.80. The molecular formula is C12H28I2N2O2. The van der Waals surface area contributed by atoms with Crippen LogP contribution in [0, 0.1) is 0 Å². The summed E-state index contributed by atoms with van der Waals surface area (Å²) in [5.74, 6) is -0.0889. The summed E-state index contributed by atoms with van der Waals surface area (Å²) < 4.78 is 6.96. The highest BCUT2D eigenvalue weighted by Crippen LogP contribution is 2.02. The van der Waals surface area contributed by atoms with E-state index in [4.69, 9.17) is 4.74 Å². The number of hydrogen-bond acceptors (Lipinski definition) is 2. The van der Waals surface area contributed by atoms with Gasteiger partial charge < -0.3 is 61.7 Å². The minimum absolute atomic E-state index is 0. The van der Waals surface area contributed by atoms with Gasteiger partial charge in [-0.3, -0.25) is 4.79 Å². The Morgan fingerprint density at radius 2 is 1.44 bits per heavy atom. The van der Waals surface area contributed by atoms with Crippen molar-refractivity contribution in [1.82, 2.24) is 0 Å². The van der Waals surface area contributed by atoms with Crippen LogP contribution in [0.15, 0.2) is 0 Å². The molecular weight excluding hydrogens is 458 g/mol. The highest BCUT2D eigenvalue weighted by molar-refractivity contribution is 5.69. The van der Waals surface area contributed by atoms with Crippen LogP contribution < -0.4 is 48.0 Å². The minimum atomic E-state index is -0.0889. The van der Waals surface area contributed by atoms with Crippen LogP contribution in [0.1, 0.15) is 13.3 Å². The summed E-state index contributed by atoms with van der Waals surface area (Å²) in [5.41, 5.74) is 0. The van der Waals surface area contributed by atoms with Crippen molar-refractivity contribution in [3.63, 3.8) is 0 Å². The fourth-order valence-corrected chi connectivity index (χ4v) is 1.52. The molecule has 0 aromatic carbocycles. The van der Waals surface area contributed by atoms with Crippen molar-refractivity contribution in [2.75, 3.05) is 55.4 Å². The van der Waals surface area contributed by atoms with Crippen LogP contribution >= 0.6 is 0 Å². The number of esters is 1. The minimum Gasteiger partial charge on any atom is -1.00 e. The van der Waals surface area contributed by atoms with Gasteiger partial charge in [-0.2, -0.15) is 0 Å². The maximum absolute atomic E-state index is 11.5. The molecule has 112 valence electrons. The van der Waals surface area contributed by atoms with Gasteiger partial charge in [-0.15, -0.1) is 0 Å². The molecule has 0 saturated heterocycles. The van der Waals surface area contributed by atoms with Crippen molar-refractivity contribution in [2.45, 2.75) is 19.4 Å².